The Morgan fingerprint density at radius 1 is 1.46 bits per heavy atom. The molecule has 0 fully saturated rings. The van der Waals surface area contributed by atoms with Gasteiger partial charge in [-0.05, 0) is 0 Å². The van der Waals surface area contributed by atoms with Crippen LogP contribution in [0.5, 0.6) is 0 Å². The number of hydrogen-bond acceptors (Lipinski definition) is 2. The van der Waals surface area contributed by atoms with E-state index < -0.39 is 18.6 Å². The summed E-state index contributed by atoms with van der Waals surface area (Å²) in [6.07, 6.45) is -4.28. The highest BCUT2D eigenvalue weighted by atomic mass is 19.4. The first-order valence-electron chi connectivity index (χ1n) is 3.95. The van der Waals surface area contributed by atoms with E-state index in [2.05, 4.69) is 0 Å². The summed E-state index contributed by atoms with van der Waals surface area (Å²) in [5, 5.41) is 0. The molecule has 0 aliphatic carbocycles. The molecule has 0 spiro atoms. The fourth-order valence-electron chi connectivity index (χ4n) is 0.888. The van der Waals surface area contributed by atoms with Gasteiger partial charge in [-0.25, -0.2) is 0 Å². The summed E-state index contributed by atoms with van der Waals surface area (Å²) >= 11 is 0. The molecule has 0 heterocycles. The van der Waals surface area contributed by atoms with Crippen LogP contribution in [0.2, 0.25) is 0 Å². The highest BCUT2D eigenvalue weighted by Gasteiger charge is 2.31. The van der Waals surface area contributed by atoms with Crippen LogP contribution in [0.3, 0.4) is 0 Å². The summed E-state index contributed by atoms with van der Waals surface area (Å²) in [5.41, 5.74) is 5.08. The van der Waals surface area contributed by atoms with E-state index in [1.807, 2.05) is 0 Å². The van der Waals surface area contributed by atoms with Crippen LogP contribution in [-0.2, 0) is 4.79 Å². The summed E-state index contributed by atoms with van der Waals surface area (Å²) in [6.45, 7) is 0.299. The van der Waals surface area contributed by atoms with Crippen molar-refractivity contribution in [3.63, 3.8) is 0 Å². The first-order chi connectivity index (χ1) is 5.90. The van der Waals surface area contributed by atoms with Gasteiger partial charge in [-0.2, -0.15) is 13.2 Å². The van der Waals surface area contributed by atoms with E-state index in [0.717, 1.165) is 4.90 Å². The number of alkyl halides is 3. The third-order valence-electron chi connectivity index (χ3n) is 1.42. The van der Waals surface area contributed by atoms with Gasteiger partial charge in [-0.3, -0.25) is 4.79 Å². The number of nitrogens with two attached hydrogens (primary N) is 1. The predicted molar refractivity (Wildman–Crippen MR) is 42.0 cm³/mol. The lowest BCUT2D eigenvalue weighted by Crippen LogP contribution is -2.41. The van der Waals surface area contributed by atoms with Crippen molar-refractivity contribution in [3.8, 4) is 0 Å². The van der Waals surface area contributed by atoms with Crippen molar-refractivity contribution < 1.29 is 18.0 Å². The van der Waals surface area contributed by atoms with Crippen LogP contribution in [0.4, 0.5) is 13.2 Å². The Bertz CT molecular complexity index is 170. The lowest BCUT2D eigenvalue weighted by Gasteiger charge is -2.22. The molecule has 0 aromatic carbocycles. The van der Waals surface area contributed by atoms with E-state index in [9.17, 15) is 18.0 Å². The molecular weight excluding hydrogens is 185 g/mol. The minimum atomic E-state index is -4.35. The molecule has 0 radical (unpaired) electrons. The molecule has 13 heavy (non-hydrogen) atoms. The normalized spacial score (nSPS) is 11.5. The van der Waals surface area contributed by atoms with E-state index in [1.165, 1.54) is 6.92 Å². The summed E-state index contributed by atoms with van der Waals surface area (Å²) in [7, 11) is 0. The Labute approximate surface area is 74.7 Å². The molecule has 0 unspecified atom stereocenters. The lowest BCUT2D eigenvalue weighted by atomic mass is 10.3. The second-order valence-electron chi connectivity index (χ2n) is 2.57. The number of halogens is 3. The molecule has 6 heteroatoms. The van der Waals surface area contributed by atoms with Gasteiger partial charge in [0.1, 0.15) is 6.54 Å². The van der Waals surface area contributed by atoms with Crippen LogP contribution in [-0.4, -0.2) is 36.6 Å². The maximum absolute atomic E-state index is 11.9. The average molecular weight is 198 g/mol. The van der Waals surface area contributed by atoms with E-state index in [0.29, 0.717) is 0 Å². The van der Waals surface area contributed by atoms with Crippen molar-refractivity contribution in [1.29, 1.82) is 0 Å². The maximum atomic E-state index is 11.9. The smallest absolute Gasteiger partial charge is 0.332 e. The molecule has 0 rings (SSSR count). The fraction of sp³-hybridized carbons (Fsp3) is 0.857. The Morgan fingerprint density at radius 2 is 2.00 bits per heavy atom. The van der Waals surface area contributed by atoms with Crippen molar-refractivity contribution in [3.05, 3.63) is 0 Å². The minimum absolute atomic E-state index is 0.0435. The van der Waals surface area contributed by atoms with Gasteiger partial charge in [-0.15, -0.1) is 0 Å². The van der Waals surface area contributed by atoms with E-state index in [-0.39, 0.29) is 19.5 Å². The van der Waals surface area contributed by atoms with Gasteiger partial charge in [0.05, 0.1) is 0 Å². The van der Waals surface area contributed by atoms with Gasteiger partial charge in [0.25, 0.3) is 0 Å². The summed E-state index contributed by atoms with van der Waals surface area (Å²) in [5.74, 6) is -0.525. The molecule has 0 aromatic heterocycles. The third-order valence-corrected chi connectivity index (χ3v) is 1.42. The highest BCUT2D eigenvalue weighted by Crippen LogP contribution is 2.16. The molecule has 78 valence electrons. The van der Waals surface area contributed by atoms with Crippen LogP contribution in [0.1, 0.15) is 13.3 Å². The largest absolute Gasteiger partial charge is 0.406 e. The van der Waals surface area contributed by atoms with E-state index in [1.54, 1.807) is 0 Å². The molecule has 2 N–H and O–H groups in total. The van der Waals surface area contributed by atoms with Crippen molar-refractivity contribution >= 4 is 5.91 Å². The van der Waals surface area contributed by atoms with Gasteiger partial charge in [0, 0.05) is 19.5 Å². The lowest BCUT2D eigenvalue weighted by molar-refractivity contribution is -0.160. The van der Waals surface area contributed by atoms with E-state index >= 15 is 0 Å². The highest BCUT2D eigenvalue weighted by molar-refractivity contribution is 5.75. The zero-order valence-electron chi connectivity index (χ0n) is 7.40. The Morgan fingerprint density at radius 3 is 2.31 bits per heavy atom. The molecule has 0 saturated heterocycles. The number of amides is 1. The number of nitrogens with zero attached hydrogens (tertiary/aromatic N) is 1. The van der Waals surface area contributed by atoms with Crippen molar-refractivity contribution in [2.45, 2.75) is 19.5 Å². The molecule has 0 aliphatic rings. The van der Waals surface area contributed by atoms with Gasteiger partial charge in [0.15, 0.2) is 0 Å². The molecule has 0 aromatic rings. The Balaban J connectivity index is 4.17. The van der Waals surface area contributed by atoms with Crippen LogP contribution >= 0.6 is 0 Å². The van der Waals surface area contributed by atoms with Crippen LogP contribution in [0.15, 0.2) is 0 Å². The predicted octanol–water partition coefficient (Wildman–Crippen LogP) is 0.746. The van der Waals surface area contributed by atoms with E-state index in [4.69, 9.17) is 5.73 Å². The number of carbonyl (C=O) groups is 1. The summed E-state index contributed by atoms with van der Waals surface area (Å²) in [4.78, 5) is 11.7. The third kappa shape index (κ3) is 5.46. The van der Waals surface area contributed by atoms with Crippen molar-refractivity contribution in [1.82, 2.24) is 4.90 Å². The summed E-state index contributed by atoms with van der Waals surface area (Å²) < 4.78 is 35.7. The molecule has 3 nitrogen and oxygen atoms in total. The number of carbonyl (C=O) groups excluding carboxylic acids is 1. The van der Waals surface area contributed by atoms with Crippen molar-refractivity contribution in [2.24, 2.45) is 5.73 Å². The molecular formula is C7H13F3N2O. The average Bonchev–Trinajstić information content (AvgIpc) is 2.00. The van der Waals surface area contributed by atoms with Gasteiger partial charge < -0.3 is 10.6 Å². The molecule has 1 amide bonds. The molecule has 0 bridgehead atoms. The number of rotatable bonds is 4. The van der Waals surface area contributed by atoms with Gasteiger partial charge in [0.2, 0.25) is 5.91 Å². The first-order valence-corrected chi connectivity index (χ1v) is 3.95. The standard InChI is InChI=1S/C7H13F3N2O/c1-2-6(13)12(4-3-11)5-7(8,9)10/h2-5,11H2,1H3. The topological polar surface area (TPSA) is 46.3 Å². The molecule has 0 saturated carbocycles. The first kappa shape index (κ1) is 12.2. The number of hydrogen-bond donors (Lipinski definition) is 1. The molecule has 0 atom stereocenters. The second-order valence-corrected chi connectivity index (χ2v) is 2.57. The Hall–Kier alpha value is -0.780. The van der Waals surface area contributed by atoms with Crippen LogP contribution in [0, 0.1) is 0 Å². The zero-order valence-corrected chi connectivity index (χ0v) is 7.40. The second kappa shape index (κ2) is 5.06. The minimum Gasteiger partial charge on any atom is -0.332 e. The van der Waals surface area contributed by atoms with Crippen LogP contribution < -0.4 is 5.73 Å². The van der Waals surface area contributed by atoms with Crippen molar-refractivity contribution in [2.75, 3.05) is 19.6 Å². The monoisotopic (exact) mass is 198 g/mol. The maximum Gasteiger partial charge on any atom is 0.406 e. The zero-order chi connectivity index (χ0) is 10.5. The Kier molecular flexibility index (Phi) is 4.76. The molecule has 0 aliphatic heterocycles. The van der Waals surface area contributed by atoms with Gasteiger partial charge in [-0.1, -0.05) is 6.92 Å². The van der Waals surface area contributed by atoms with Crippen LogP contribution in [0.25, 0.3) is 0 Å². The SMILES string of the molecule is CCC(=O)N(CCN)CC(F)(F)F. The summed E-state index contributed by atoms with van der Waals surface area (Å²) in [6, 6.07) is 0. The fourth-order valence-corrected chi connectivity index (χ4v) is 0.888. The quantitative estimate of drug-likeness (QED) is 0.724. The van der Waals surface area contributed by atoms with Gasteiger partial charge >= 0.3 is 6.18 Å².